The van der Waals surface area contributed by atoms with Crippen molar-refractivity contribution >= 4 is 16.8 Å². The van der Waals surface area contributed by atoms with Crippen LogP contribution in [0.5, 0.6) is 5.88 Å². The van der Waals surface area contributed by atoms with Gasteiger partial charge in [-0.05, 0) is 44.2 Å². The minimum Gasteiger partial charge on any atom is -0.477 e. The van der Waals surface area contributed by atoms with Gasteiger partial charge in [0.05, 0.1) is 31.6 Å². The molecule has 1 amide bonds. The lowest BCUT2D eigenvalue weighted by atomic mass is 9.79. The number of fused-ring (bicyclic) bond motifs is 1. The molecule has 2 aromatic heterocycles. The predicted molar refractivity (Wildman–Crippen MR) is 112 cm³/mol. The Balaban J connectivity index is 1.14. The summed E-state index contributed by atoms with van der Waals surface area (Å²) in [6.07, 6.45) is 6.32. The summed E-state index contributed by atoms with van der Waals surface area (Å²) in [6, 6.07) is 9.88. The summed E-state index contributed by atoms with van der Waals surface area (Å²) in [5.41, 5.74) is 2.29. The Labute approximate surface area is 175 Å². The topological polar surface area (TPSA) is 80.3 Å². The van der Waals surface area contributed by atoms with Crippen LogP contribution < -0.4 is 4.74 Å². The van der Waals surface area contributed by atoms with Gasteiger partial charge in [-0.3, -0.25) is 9.78 Å². The maximum atomic E-state index is 12.9. The van der Waals surface area contributed by atoms with Crippen LogP contribution in [0.25, 0.3) is 10.9 Å². The third-order valence-electron chi connectivity index (χ3n) is 6.11. The second kappa shape index (κ2) is 7.72. The Kier molecular flexibility index (Phi) is 4.90. The number of hydrogen-bond donors (Lipinski definition) is 1. The van der Waals surface area contributed by atoms with Crippen LogP contribution in [0.15, 0.2) is 42.7 Å². The maximum absolute atomic E-state index is 12.9. The van der Waals surface area contributed by atoms with Gasteiger partial charge in [-0.25, -0.2) is 4.98 Å². The second-order valence-electron chi connectivity index (χ2n) is 8.46. The molecule has 2 aliphatic rings. The summed E-state index contributed by atoms with van der Waals surface area (Å²) in [7, 11) is 0. The molecule has 0 saturated carbocycles. The lowest BCUT2D eigenvalue weighted by Crippen LogP contribution is -2.66. The zero-order valence-corrected chi connectivity index (χ0v) is 17.1. The van der Waals surface area contributed by atoms with Gasteiger partial charge >= 0.3 is 0 Å². The second-order valence-corrected chi connectivity index (χ2v) is 8.46. The van der Waals surface area contributed by atoms with E-state index >= 15 is 0 Å². The van der Waals surface area contributed by atoms with E-state index < -0.39 is 0 Å². The Morgan fingerprint density at radius 1 is 1.33 bits per heavy atom. The van der Waals surface area contributed by atoms with Crippen molar-refractivity contribution in [3.63, 3.8) is 0 Å². The minimum absolute atomic E-state index is 0.0453. The van der Waals surface area contributed by atoms with Crippen LogP contribution in [0.3, 0.4) is 0 Å². The number of nitrogens with zero attached hydrogens (tertiary/aromatic N) is 3. The molecule has 30 heavy (non-hydrogen) atoms. The van der Waals surface area contributed by atoms with Gasteiger partial charge in [0.1, 0.15) is 11.3 Å². The molecule has 1 aromatic carbocycles. The molecule has 2 fully saturated rings. The molecule has 1 spiro atoms. The number of carbonyl (C=O) groups excluding carboxylic acids is 1. The first-order valence-corrected chi connectivity index (χ1v) is 10.5. The van der Waals surface area contributed by atoms with E-state index in [0.717, 1.165) is 42.5 Å². The fraction of sp³-hybridized carbons (Fsp3) is 0.435. The SMILES string of the molecule is Cc1cncc(OCCC2CCOC3(C2)CN(C(=O)c2cc4ccccc4[nH]2)C3)n1. The smallest absolute Gasteiger partial charge is 0.270 e. The summed E-state index contributed by atoms with van der Waals surface area (Å²) >= 11 is 0. The van der Waals surface area contributed by atoms with Crippen LogP contribution in [-0.4, -0.2) is 57.7 Å². The lowest BCUT2D eigenvalue weighted by molar-refractivity contribution is -0.166. The van der Waals surface area contributed by atoms with Gasteiger partial charge in [0.15, 0.2) is 0 Å². The number of aryl methyl sites for hydroxylation is 1. The predicted octanol–water partition coefficient (Wildman–Crippen LogP) is 3.36. The first-order chi connectivity index (χ1) is 14.6. The fourth-order valence-electron chi connectivity index (χ4n) is 4.59. The molecule has 0 bridgehead atoms. The largest absolute Gasteiger partial charge is 0.477 e. The maximum Gasteiger partial charge on any atom is 0.270 e. The van der Waals surface area contributed by atoms with E-state index in [0.29, 0.717) is 37.2 Å². The quantitative estimate of drug-likeness (QED) is 0.703. The molecule has 0 aliphatic carbocycles. The monoisotopic (exact) mass is 406 g/mol. The van der Waals surface area contributed by atoms with Crippen molar-refractivity contribution in [2.24, 2.45) is 5.92 Å². The molecule has 2 aliphatic heterocycles. The average molecular weight is 406 g/mol. The van der Waals surface area contributed by atoms with E-state index in [9.17, 15) is 4.79 Å². The van der Waals surface area contributed by atoms with Crippen LogP contribution in [0.4, 0.5) is 0 Å². The normalized spacial score (nSPS) is 20.3. The first kappa shape index (κ1) is 19.1. The molecule has 0 radical (unpaired) electrons. The summed E-state index contributed by atoms with van der Waals surface area (Å²) in [6.45, 7) is 4.57. The number of benzene rings is 1. The van der Waals surface area contributed by atoms with Gasteiger partial charge in [0, 0.05) is 23.7 Å². The lowest BCUT2D eigenvalue weighted by Gasteiger charge is -2.53. The van der Waals surface area contributed by atoms with Crippen molar-refractivity contribution in [3.05, 3.63) is 54.1 Å². The number of nitrogens with one attached hydrogen (secondary N) is 1. The van der Waals surface area contributed by atoms with Crippen LogP contribution in [0.2, 0.25) is 0 Å². The van der Waals surface area contributed by atoms with Gasteiger partial charge in [-0.15, -0.1) is 0 Å². The number of aromatic nitrogens is 3. The molecule has 156 valence electrons. The first-order valence-electron chi connectivity index (χ1n) is 10.5. The fourth-order valence-corrected chi connectivity index (χ4v) is 4.59. The van der Waals surface area contributed by atoms with Gasteiger partial charge in [-0.1, -0.05) is 18.2 Å². The van der Waals surface area contributed by atoms with Crippen molar-refractivity contribution in [1.82, 2.24) is 19.9 Å². The summed E-state index contributed by atoms with van der Waals surface area (Å²) in [4.78, 5) is 26.4. The molecule has 3 aromatic rings. The molecule has 7 heteroatoms. The Morgan fingerprint density at radius 2 is 2.20 bits per heavy atom. The molecule has 4 heterocycles. The zero-order chi connectivity index (χ0) is 20.6. The number of H-pyrrole nitrogens is 1. The van der Waals surface area contributed by atoms with Gasteiger partial charge in [0.25, 0.3) is 5.91 Å². The highest BCUT2D eigenvalue weighted by atomic mass is 16.5. The van der Waals surface area contributed by atoms with E-state index in [-0.39, 0.29) is 11.5 Å². The number of aromatic amines is 1. The molecule has 1 N–H and O–H groups in total. The average Bonchev–Trinajstić information content (AvgIpc) is 3.16. The number of rotatable bonds is 5. The van der Waals surface area contributed by atoms with E-state index in [1.165, 1.54) is 0 Å². The zero-order valence-electron chi connectivity index (χ0n) is 17.1. The number of ether oxygens (including phenoxy) is 2. The van der Waals surface area contributed by atoms with Gasteiger partial charge in [0.2, 0.25) is 5.88 Å². The highest BCUT2D eigenvalue weighted by Gasteiger charge is 2.49. The van der Waals surface area contributed by atoms with E-state index in [1.54, 1.807) is 12.4 Å². The van der Waals surface area contributed by atoms with E-state index in [4.69, 9.17) is 9.47 Å². The van der Waals surface area contributed by atoms with Crippen LogP contribution >= 0.6 is 0 Å². The van der Waals surface area contributed by atoms with E-state index in [1.807, 2.05) is 42.2 Å². The van der Waals surface area contributed by atoms with Crippen molar-refractivity contribution in [2.75, 3.05) is 26.3 Å². The summed E-state index contributed by atoms with van der Waals surface area (Å²) < 4.78 is 11.9. The van der Waals surface area contributed by atoms with Crippen molar-refractivity contribution in [2.45, 2.75) is 31.8 Å². The van der Waals surface area contributed by atoms with Crippen molar-refractivity contribution in [3.8, 4) is 5.88 Å². The van der Waals surface area contributed by atoms with Gasteiger partial charge in [-0.2, -0.15) is 0 Å². The summed E-state index contributed by atoms with van der Waals surface area (Å²) in [5.74, 6) is 1.15. The molecule has 1 unspecified atom stereocenters. The standard InChI is InChI=1S/C23H26N4O3/c1-16-12-24-13-21(25-16)29-8-6-17-7-9-30-23(11-17)14-27(15-23)22(28)20-10-18-4-2-3-5-19(18)26-20/h2-5,10,12-13,17,26H,6-9,11,14-15H2,1H3. The Morgan fingerprint density at radius 3 is 3.03 bits per heavy atom. The van der Waals surface area contributed by atoms with E-state index in [2.05, 4.69) is 15.0 Å². The molecular weight excluding hydrogens is 380 g/mol. The molecule has 2 saturated heterocycles. The molecule has 5 rings (SSSR count). The third kappa shape index (κ3) is 3.77. The van der Waals surface area contributed by atoms with Crippen molar-refractivity contribution in [1.29, 1.82) is 0 Å². The van der Waals surface area contributed by atoms with Crippen LogP contribution in [0.1, 0.15) is 35.4 Å². The van der Waals surface area contributed by atoms with Gasteiger partial charge < -0.3 is 19.4 Å². The summed E-state index contributed by atoms with van der Waals surface area (Å²) in [5, 5.41) is 1.06. The minimum atomic E-state index is -0.201. The third-order valence-corrected chi connectivity index (χ3v) is 6.11. The van der Waals surface area contributed by atoms with Crippen LogP contribution in [0, 0.1) is 12.8 Å². The highest BCUT2D eigenvalue weighted by Crippen LogP contribution is 2.38. The number of carbonyl (C=O) groups is 1. The number of amides is 1. The Bertz CT molecular complexity index is 1020. The van der Waals surface area contributed by atoms with Crippen LogP contribution in [-0.2, 0) is 4.74 Å². The number of para-hydroxylation sites is 1. The molecule has 7 nitrogen and oxygen atoms in total. The molecule has 1 atom stereocenters. The number of hydrogen-bond acceptors (Lipinski definition) is 5. The van der Waals surface area contributed by atoms with Crippen molar-refractivity contribution < 1.29 is 14.3 Å². The molecular formula is C23H26N4O3. The highest BCUT2D eigenvalue weighted by molar-refractivity contribution is 5.98. The number of likely N-dealkylation sites (tertiary alicyclic amines) is 1. The Hall–Kier alpha value is -2.93.